The van der Waals surface area contributed by atoms with E-state index in [4.69, 9.17) is 11.6 Å². The van der Waals surface area contributed by atoms with E-state index in [1.807, 2.05) is 17.0 Å². The minimum absolute atomic E-state index is 0.154. The molecule has 0 spiro atoms. The number of amides is 2. The van der Waals surface area contributed by atoms with Gasteiger partial charge in [-0.05, 0) is 66.8 Å². The van der Waals surface area contributed by atoms with Gasteiger partial charge < -0.3 is 10.2 Å². The molecule has 0 aliphatic carbocycles. The molecule has 2 aromatic carbocycles. The van der Waals surface area contributed by atoms with Gasteiger partial charge in [0.1, 0.15) is 0 Å². The molecule has 2 aromatic rings. The molecule has 1 N–H and O–H groups in total. The van der Waals surface area contributed by atoms with Gasteiger partial charge in [0.2, 0.25) is 5.91 Å². The molecule has 4 rings (SSSR count). The fourth-order valence-electron chi connectivity index (χ4n) is 3.53. The van der Waals surface area contributed by atoms with E-state index < -0.39 is 0 Å². The molecule has 2 heterocycles. The van der Waals surface area contributed by atoms with E-state index >= 15 is 0 Å². The lowest BCUT2D eigenvalue weighted by atomic mass is 9.91. The fraction of sp³-hybridized carbons (Fsp3) is 0.263. The molecule has 2 aliphatic heterocycles. The SMILES string of the molecule is O=C(Nc1cc2c3c(c1)CCC(=O)N3CCC2)c1ccc(Cl)cc1. The van der Waals surface area contributed by atoms with Crippen LogP contribution in [0, 0.1) is 0 Å². The van der Waals surface area contributed by atoms with Gasteiger partial charge in [-0.3, -0.25) is 9.59 Å². The Kier molecular flexibility index (Phi) is 3.77. The summed E-state index contributed by atoms with van der Waals surface area (Å²) >= 11 is 5.86. The van der Waals surface area contributed by atoms with Crippen molar-refractivity contribution in [2.45, 2.75) is 25.7 Å². The van der Waals surface area contributed by atoms with Gasteiger partial charge in [-0.2, -0.15) is 0 Å². The molecule has 0 fully saturated rings. The Balaban J connectivity index is 1.64. The maximum atomic E-state index is 12.4. The predicted octanol–water partition coefficient (Wildman–Crippen LogP) is 3.82. The average molecular weight is 341 g/mol. The van der Waals surface area contributed by atoms with E-state index in [1.165, 1.54) is 0 Å². The molecule has 122 valence electrons. The van der Waals surface area contributed by atoms with Crippen molar-refractivity contribution in [3.05, 3.63) is 58.1 Å². The highest BCUT2D eigenvalue weighted by Gasteiger charge is 2.29. The second kappa shape index (κ2) is 5.95. The van der Waals surface area contributed by atoms with Crippen LogP contribution in [-0.2, 0) is 17.6 Å². The smallest absolute Gasteiger partial charge is 0.255 e. The number of hydrogen-bond donors (Lipinski definition) is 1. The lowest BCUT2D eigenvalue weighted by Crippen LogP contribution is -2.39. The zero-order valence-electron chi connectivity index (χ0n) is 13.1. The van der Waals surface area contributed by atoms with Gasteiger partial charge in [0.05, 0.1) is 5.69 Å². The van der Waals surface area contributed by atoms with Crippen LogP contribution in [0.3, 0.4) is 0 Å². The quantitative estimate of drug-likeness (QED) is 0.903. The zero-order valence-corrected chi connectivity index (χ0v) is 13.9. The molecule has 0 aromatic heterocycles. The van der Waals surface area contributed by atoms with Crippen molar-refractivity contribution < 1.29 is 9.59 Å². The van der Waals surface area contributed by atoms with Crippen molar-refractivity contribution in [2.75, 3.05) is 16.8 Å². The van der Waals surface area contributed by atoms with Crippen molar-refractivity contribution in [3.8, 4) is 0 Å². The van der Waals surface area contributed by atoms with Gasteiger partial charge in [-0.25, -0.2) is 0 Å². The van der Waals surface area contributed by atoms with Crippen LogP contribution in [0.2, 0.25) is 5.02 Å². The Hall–Kier alpha value is -2.33. The Morgan fingerprint density at radius 1 is 1.04 bits per heavy atom. The van der Waals surface area contributed by atoms with Gasteiger partial charge >= 0.3 is 0 Å². The molecular weight excluding hydrogens is 324 g/mol. The number of carbonyl (C=O) groups excluding carboxylic acids is 2. The minimum Gasteiger partial charge on any atom is -0.322 e. The summed E-state index contributed by atoms with van der Waals surface area (Å²) < 4.78 is 0. The number of rotatable bonds is 2. The normalized spacial score (nSPS) is 15.9. The number of hydrogen-bond acceptors (Lipinski definition) is 2. The van der Waals surface area contributed by atoms with E-state index in [1.54, 1.807) is 24.3 Å². The largest absolute Gasteiger partial charge is 0.322 e. The fourth-order valence-corrected chi connectivity index (χ4v) is 3.66. The van der Waals surface area contributed by atoms with E-state index in [0.29, 0.717) is 17.0 Å². The second-order valence-electron chi connectivity index (χ2n) is 6.25. The van der Waals surface area contributed by atoms with E-state index in [-0.39, 0.29) is 11.8 Å². The Bertz CT molecular complexity index is 813. The number of aryl methyl sites for hydroxylation is 2. The van der Waals surface area contributed by atoms with Crippen LogP contribution in [0.15, 0.2) is 36.4 Å². The summed E-state index contributed by atoms with van der Waals surface area (Å²) in [6.45, 7) is 0.801. The highest BCUT2D eigenvalue weighted by atomic mass is 35.5. The maximum Gasteiger partial charge on any atom is 0.255 e. The topological polar surface area (TPSA) is 49.4 Å². The van der Waals surface area contributed by atoms with Crippen LogP contribution < -0.4 is 10.2 Å². The molecule has 2 amide bonds. The molecule has 2 aliphatic rings. The summed E-state index contributed by atoms with van der Waals surface area (Å²) in [5.74, 6) is 0.0553. The number of benzene rings is 2. The molecule has 4 nitrogen and oxygen atoms in total. The zero-order chi connectivity index (χ0) is 16.7. The van der Waals surface area contributed by atoms with Gasteiger partial charge in [0.25, 0.3) is 5.91 Å². The standard InChI is InChI=1S/C19H17ClN2O2/c20-15-6-3-12(4-7-15)19(24)21-16-10-13-2-1-9-22-17(23)8-5-14(11-16)18(13)22/h3-4,6-7,10-11H,1-2,5,8-9H2,(H,21,24). The van der Waals surface area contributed by atoms with Crippen molar-refractivity contribution in [3.63, 3.8) is 0 Å². The molecule has 0 saturated heterocycles. The first kappa shape index (κ1) is 15.2. The van der Waals surface area contributed by atoms with Gasteiger partial charge in [0.15, 0.2) is 0 Å². The van der Waals surface area contributed by atoms with Crippen LogP contribution in [0.25, 0.3) is 0 Å². The first-order valence-electron chi connectivity index (χ1n) is 8.15. The maximum absolute atomic E-state index is 12.4. The monoisotopic (exact) mass is 340 g/mol. The van der Waals surface area contributed by atoms with Gasteiger partial charge in [-0.15, -0.1) is 0 Å². The molecule has 0 atom stereocenters. The minimum atomic E-state index is -0.154. The molecule has 0 saturated carbocycles. The number of nitrogens with zero attached hydrogens (tertiary/aromatic N) is 1. The highest BCUT2D eigenvalue weighted by molar-refractivity contribution is 6.30. The average Bonchev–Trinajstić information content (AvgIpc) is 2.58. The Morgan fingerprint density at radius 3 is 2.50 bits per heavy atom. The van der Waals surface area contributed by atoms with Crippen molar-refractivity contribution in [1.82, 2.24) is 0 Å². The number of anilines is 2. The molecule has 5 heteroatoms. The third-order valence-corrected chi connectivity index (χ3v) is 4.89. The molecule has 0 bridgehead atoms. The van der Waals surface area contributed by atoms with Crippen LogP contribution in [0.5, 0.6) is 0 Å². The number of carbonyl (C=O) groups is 2. The summed E-state index contributed by atoms with van der Waals surface area (Å²) in [5, 5.41) is 3.57. The first-order valence-corrected chi connectivity index (χ1v) is 8.53. The van der Waals surface area contributed by atoms with E-state index in [9.17, 15) is 9.59 Å². The van der Waals surface area contributed by atoms with Crippen molar-refractivity contribution in [2.24, 2.45) is 0 Å². The predicted molar refractivity (Wildman–Crippen MR) is 94.8 cm³/mol. The van der Waals surface area contributed by atoms with E-state index in [2.05, 4.69) is 5.32 Å². The number of nitrogens with one attached hydrogen (secondary N) is 1. The molecule has 0 unspecified atom stereocenters. The molecular formula is C19H17ClN2O2. The Labute approximate surface area is 145 Å². The number of halogens is 1. The van der Waals surface area contributed by atoms with Gasteiger partial charge in [0, 0.05) is 29.2 Å². The lowest BCUT2D eigenvalue weighted by Gasteiger charge is -2.35. The van der Waals surface area contributed by atoms with Crippen molar-refractivity contribution >= 4 is 34.8 Å². The van der Waals surface area contributed by atoms with Crippen molar-refractivity contribution in [1.29, 1.82) is 0 Å². The summed E-state index contributed by atoms with van der Waals surface area (Å²) in [7, 11) is 0. The third-order valence-electron chi connectivity index (χ3n) is 4.64. The summed E-state index contributed by atoms with van der Waals surface area (Å²) in [6.07, 6.45) is 3.19. The van der Waals surface area contributed by atoms with Crippen LogP contribution in [0.1, 0.15) is 34.3 Å². The van der Waals surface area contributed by atoms with Gasteiger partial charge in [-0.1, -0.05) is 11.6 Å². The lowest BCUT2D eigenvalue weighted by molar-refractivity contribution is -0.119. The first-order chi connectivity index (χ1) is 11.6. The van der Waals surface area contributed by atoms with Crippen LogP contribution in [-0.4, -0.2) is 18.4 Å². The summed E-state index contributed by atoms with van der Waals surface area (Å²) in [4.78, 5) is 26.4. The molecule has 0 radical (unpaired) electrons. The van der Waals surface area contributed by atoms with Crippen LogP contribution in [0.4, 0.5) is 11.4 Å². The Morgan fingerprint density at radius 2 is 1.75 bits per heavy atom. The summed E-state index contributed by atoms with van der Waals surface area (Å²) in [5.41, 5.74) is 4.74. The summed E-state index contributed by atoms with van der Waals surface area (Å²) in [6, 6.07) is 10.8. The highest BCUT2D eigenvalue weighted by Crippen LogP contribution is 2.37. The third kappa shape index (κ3) is 2.67. The molecule has 24 heavy (non-hydrogen) atoms. The second-order valence-corrected chi connectivity index (χ2v) is 6.69. The van der Waals surface area contributed by atoms with E-state index in [0.717, 1.165) is 48.3 Å². The van der Waals surface area contributed by atoms with Crippen LogP contribution >= 0.6 is 11.6 Å².